The van der Waals surface area contributed by atoms with E-state index in [4.69, 9.17) is 10.5 Å². The molecule has 1 fully saturated rings. The third kappa shape index (κ3) is 7.11. The average Bonchev–Trinajstić information content (AvgIpc) is 3.16. The van der Waals surface area contributed by atoms with Crippen molar-refractivity contribution in [1.29, 1.82) is 0 Å². The highest BCUT2D eigenvalue weighted by molar-refractivity contribution is 8.00. The molecular formula is C27H34N4O6S. The second-order valence-electron chi connectivity index (χ2n) is 10.8. The minimum Gasteiger partial charge on any atom is -0.447 e. The summed E-state index contributed by atoms with van der Waals surface area (Å²) in [5, 5.41) is 13.9. The number of carbonyl (C=O) groups excluding carboxylic acids is 3. The molecule has 1 aliphatic heterocycles. The third-order valence-corrected chi connectivity index (χ3v) is 7.44. The summed E-state index contributed by atoms with van der Waals surface area (Å²) in [5.74, 6) is -1.50. The number of nitrogens with one attached hydrogen (secondary N) is 1. The van der Waals surface area contributed by atoms with Crippen molar-refractivity contribution in [2.24, 2.45) is 5.73 Å². The number of nitrogens with zero attached hydrogens (tertiary/aromatic N) is 2. The second kappa shape index (κ2) is 11.5. The van der Waals surface area contributed by atoms with Gasteiger partial charge in [-0.3, -0.25) is 19.7 Å². The Morgan fingerprint density at radius 2 is 1.76 bits per heavy atom. The third-order valence-electron chi connectivity index (χ3n) is 6.07. The Balaban J connectivity index is 1.91. The fourth-order valence-corrected chi connectivity index (χ4v) is 5.37. The lowest BCUT2D eigenvalue weighted by Crippen LogP contribution is -2.60. The van der Waals surface area contributed by atoms with Crippen LogP contribution in [-0.4, -0.2) is 62.0 Å². The standard InChI is InChI=1S/C27H34N4O6S/c1-26(2,3)29-23(32)22-27(4,5)38-16-30(22)24(33)21(20(28)15-17-9-7-6-8-10-17)37-25(34)18-11-13-19(14-12-18)31(35)36/h6-14,20-22H,15-16,28H2,1-5H3,(H,29,32)/t20-,21-,22+/m0/s1. The van der Waals surface area contributed by atoms with Crippen molar-refractivity contribution < 1.29 is 24.0 Å². The first-order valence-corrected chi connectivity index (χ1v) is 13.2. The number of non-ortho nitro benzene ring substituents is 1. The largest absolute Gasteiger partial charge is 0.447 e. The van der Waals surface area contributed by atoms with Gasteiger partial charge in [0.1, 0.15) is 6.04 Å². The Hall–Kier alpha value is -3.44. The van der Waals surface area contributed by atoms with E-state index >= 15 is 0 Å². The van der Waals surface area contributed by atoms with Crippen molar-refractivity contribution in [1.82, 2.24) is 10.2 Å². The monoisotopic (exact) mass is 542 g/mol. The first-order valence-electron chi connectivity index (χ1n) is 12.2. The van der Waals surface area contributed by atoms with Crippen molar-refractivity contribution in [3.63, 3.8) is 0 Å². The smallest absolute Gasteiger partial charge is 0.338 e. The van der Waals surface area contributed by atoms with Crippen molar-refractivity contribution in [2.75, 3.05) is 5.88 Å². The number of hydrogen-bond donors (Lipinski definition) is 2. The van der Waals surface area contributed by atoms with E-state index in [1.165, 1.54) is 40.9 Å². The number of hydrogen-bond acceptors (Lipinski definition) is 8. The number of esters is 1. The number of ether oxygens (including phenoxy) is 1. The SMILES string of the molecule is CC(C)(C)NC(=O)[C@H]1N(C(=O)[C@@H](OC(=O)c2ccc([N+](=O)[O-])cc2)[C@@H](N)Cc2ccccc2)CSC1(C)C. The van der Waals surface area contributed by atoms with Gasteiger partial charge in [0.15, 0.2) is 6.10 Å². The minimum atomic E-state index is -1.39. The zero-order valence-electron chi connectivity index (χ0n) is 22.2. The van der Waals surface area contributed by atoms with Gasteiger partial charge < -0.3 is 20.7 Å². The predicted molar refractivity (Wildman–Crippen MR) is 145 cm³/mol. The molecule has 2 aromatic rings. The number of nitrogens with two attached hydrogens (primary N) is 1. The summed E-state index contributed by atoms with van der Waals surface area (Å²) in [6, 6.07) is 12.4. The number of nitro groups is 1. The van der Waals surface area contributed by atoms with E-state index in [1.807, 2.05) is 65.0 Å². The molecule has 204 valence electrons. The molecule has 11 heteroatoms. The van der Waals surface area contributed by atoms with Gasteiger partial charge in [0.05, 0.1) is 22.4 Å². The lowest BCUT2D eigenvalue weighted by Gasteiger charge is -2.35. The number of thioether (sulfide) groups is 1. The van der Waals surface area contributed by atoms with Crippen LogP contribution in [0.3, 0.4) is 0 Å². The molecule has 38 heavy (non-hydrogen) atoms. The maximum atomic E-state index is 13.9. The van der Waals surface area contributed by atoms with Crippen LogP contribution in [-0.2, 0) is 20.7 Å². The van der Waals surface area contributed by atoms with Gasteiger partial charge in [-0.15, -0.1) is 11.8 Å². The normalized spacial score (nSPS) is 18.4. The highest BCUT2D eigenvalue weighted by Gasteiger charge is 2.50. The summed E-state index contributed by atoms with van der Waals surface area (Å²) in [5.41, 5.74) is 6.67. The first kappa shape index (κ1) is 29.1. The number of benzene rings is 2. The van der Waals surface area contributed by atoms with Crippen LogP contribution in [0.4, 0.5) is 5.69 Å². The zero-order valence-corrected chi connectivity index (χ0v) is 23.0. The molecule has 0 unspecified atom stereocenters. The Labute approximate surface area is 226 Å². The predicted octanol–water partition coefficient (Wildman–Crippen LogP) is 3.29. The molecule has 0 spiro atoms. The lowest BCUT2D eigenvalue weighted by atomic mass is 9.96. The van der Waals surface area contributed by atoms with Crippen LogP contribution in [0.25, 0.3) is 0 Å². The first-order chi connectivity index (χ1) is 17.7. The van der Waals surface area contributed by atoms with Crippen LogP contribution < -0.4 is 11.1 Å². The summed E-state index contributed by atoms with van der Waals surface area (Å²) in [7, 11) is 0. The van der Waals surface area contributed by atoms with E-state index in [9.17, 15) is 24.5 Å². The Kier molecular flexibility index (Phi) is 8.83. The van der Waals surface area contributed by atoms with Gasteiger partial charge in [-0.1, -0.05) is 30.3 Å². The van der Waals surface area contributed by atoms with Crippen LogP contribution in [0.1, 0.15) is 50.5 Å². The molecule has 10 nitrogen and oxygen atoms in total. The molecule has 0 radical (unpaired) electrons. The van der Waals surface area contributed by atoms with E-state index in [2.05, 4.69) is 5.32 Å². The molecule has 2 amide bonds. The van der Waals surface area contributed by atoms with Crippen LogP contribution in [0.15, 0.2) is 54.6 Å². The second-order valence-corrected chi connectivity index (χ2v) is 12.4. The average molecular weight is 543 g/mol. The molecule has 3 atom stereocenters. The maximum absolute atomic E-state index is 13.9. The van der Waals surface area contributed by atoms with Gasteiger partial charge in [-0.2, -0.15) is 0 Å². The highest BCUT2D eigenvalue weighted by atomic mass is 32.2. The fraction of sp³-hybridized carbons (Fsp3) is 0.444. The number of carbonyl (C=O) groups is 3. The zero-order chi connectivity index (χ0) is 28.3. The van der Waals surface area contributed by atoms with E-state index in [0.717, 1.165) is 5.56 Å². The van der Waals surface area contributed by atoms with Gasteiger partial charge in [0.25, 0.3) is 11.6 Å². The Morgan fingerprint density at radius 3 is 2.32 bits per heavy atom. The van der Waals surface area contributed by atoms with Gasteiger partial charge in [-0.25, -0.2) is 4.79 Å². The molecule has 3 N–H and O–H groups in total. The van der Waals surface area contributed by atoms with Gasteiger partial charge in [0, 0.05) is 22.4 Å². The van der Waals surface area contributed by atoms with Crippen LogP contribution in [0, 0.1) is 10.1 Å². The summed E-state index contributed by atoms with van der Waals surface area (Å²) in [6.45, 7) is 9.35. The van der Waals surface area contributed by atoms with Crippen LogP contribution in [0.5, 0.6) is 0 Å². The number of nitro benzene ring substituents is 1. The summed E-state index contributed by atoms with van der Waals surface area (Å²) in [6.07, 6.45) is -1.15. The molecular weight excluding hydrogens is 508 g/mol. The summed E-state index contributed by atoms with van der Waals surface area (Å²) >= 11 is 1.45. The molecule has 1 saturated heterocycles. The minimum absolute atomic E-state index is 0.0402. The topological polar surface area (TPSA) is 145 Å². The Morgan fingerprint density at radius 1 is 1.16 bits per heavy atom. The molecule has 0 bridgehead atoms. The number of rotatable bonds is 8. The van der Waals surface area contributed by atoms with E-state index in [-0.39, 0.29) is 29.5 Å². The molecule has 3 rings (SSSR count). The maximum Gasteiger partial charge on any atom is 0.338 e. The molecule has 0 aliphatic carbocycles. The van der Waals surface area contributed by atoms with Crippen LogP contribution >= 0.6 is 11.8 Å². The molecule has 0 saturated carbocycles. The molecule has 1 aliphatic rings. The van der Waals surface area contributed by atoms with Crippen molar-refractivity contribution in [3.05, 3.63) is 75.8 Å². The van der Waals surface area contributed by atoms with E-state index in [0.29, 0.717) is 0 Å². The van der Waals surface area contributed by atoms with Crippen molar-refractivity contribution in [2.45, 2.75) is 69.5 Å². The molecule has 1 heterocycles. The lowest BCUT2D eigenvalue weighted by molar-refractivity contribution is -0.384. The van der Waals surface area contributed by atoms with Gasteiger partial charge in [0.2, 0.25) is 5.91 Å². The quantitative estimate of drug-likeness (QED) is 0.294. The van der Waals surface area contributed by atoms with E-state index in [1.54, 1.807) is 0 Å². The fourth-order valence-electron chi connectivity index (χ4n) is 4.23. The summed E-state index contributed by atoms with van der Waals surface area (Å²) in [4.78, 5) is 52.1. The van der Waals surface area contributed by atoms with Gasteiger partial charge in [-0.05, 0) is 58.7 Å². The van der Waals surface area contributed by atoms with Crippen molar-refractivity contribution in [3.8, 4) is 0 Å². The molecule has 0 aromatic heterocycles. The number of amides is 2. The molecule has 2 aromatic carbocycles. The van der Waals surface area contributed by atoms with Crippen molar-refractivity contribution >= 4 is 35.2 Å². The van der Waals surface area contributed by atoms with E-state index < -0.39 is 45.3 Å². The summed E-state index contributed by atoms with van der Waals surface area (Å²) < 4.78 is 5.08. The highest BCUT2D eigenvalue weighted by Crippen LogP contribution is 2.40. The van der Waals surface area contributed by atoms with Crippen LogP contribution in [0.2, 0.25) is 0 Å². The Bertz CT molecular complexity index is 1180. The van der Waals surface area contributed by atoms with Gasteiger partial charge >= 0.3 is 5.97 Å².